The Morgan fingerprint density at radius 1 is 1.15 bits per heavy atom. The summed E-state index contributed by atoms with van der Waals surface area (Å²) in [5.74, 6) is 1.16. The van der Waals surface area contributed by atoms with Crippen molar-refractivity contribution in [1.82, 2.24) is 10.9 Å². The van der Waals surface area contributed by atoms with Gasteiger partial charge in [-0.15, -0.1) is 0 Å². The fourth-order valence-corrected chi connectivity index (χ4v) is 5.24. The van der Waals surface area contributed by atoms with Gasteiger partial charge in [0.05, 0.1) is 6.61 Å². The van der Waals surface area contributed by atoms with Crippen LogP contribution in [-0.4, -0.2) is 42.2 Å². The van der Waals surface area contributed by atoms with Crippen molar-refractivity contribution in [2.45, 2.75) is 37.3 Å². The monoisotopic (exact) mass is 618 g/mol. The van der Waals surface area contributed by atoms with Gasteiger partial charge in [-0.1, -0.05) is 63.5 Å². The molecule has 1 amide bonds. The SMILES string of the molecule is [N-]=[N+]=Nc1ccccc1C[C@]1(C(=O)NNCC2CC2)N=C(c2ccc(OCCCO)cc2)O[C@H]1c1ccccc1Br. The van der Waals surface area contributed by atoms with Crippen LogP contribution in [0.5, 0.6) is 5.75 Å². The van der Waals surface area contributed by atoms with E-state index in [4.69, 9.17) is 19.6 Å². The van der Waals surface area contributed by atoms with E-state index in [1.807, 2.05) is 48.5 Å². The molecule has 1 fully saturated rings. The van der Waals surface area contributed by atoms with Gasteiger partial charge in [-0.3, -0.25) is 10.2 Å². The molecule has 0 saturated heterocycles. The van der Waals surface area contributed by atoms with Gasteiger partial charge >= 0.3 is 0 Å². The molecule has 0 aromatic heterocycles. The zero-order chi connectivity index (χ0) is 28.7. The number of aliphatic imine (C=N–C) groups is 1. The van der Waals surface area contributed by atoms with Gasteiger partial charge in [-0.25, -0.2) is 10.4 Å². The maximum Gasteiger partial charge on any atom is 0.266 e. The molecule has 2 aliphatic rings. The second-order valence-electron chi connectivity index (χ2n) is 10.1. The number of hydrogen-bond donors (Lipinski definition) is 3. The molecule has 1 aliphatic carbocycles. The predicted molar refractivity (Wildman–Crippen MR) is 159 cm³/mol. The van der Waals surface area contributed by atoms with Crippen molar-refractivity contribution in [2.75, 3.05) is 19.8 Å². The van der Waals surface area contributed by atoms with Crippen LogP contribution in [0.2, 0.25) is 0 Å². The molecule has 10 nitrogen and oxygen atoms in total. The average molecular weight is 620 g/mol. The number of halogens is 1. The molecule has 0 bridgehead atoms. The number of hydrogen-bond acceptors (Lipinski definition) is 7. The van der Waals surface area contributed by atoms with Gasteiger partial charge in [-0.2, -0.15) is 0 Å². The van der Waals surface area contributed by atoms with Crippen LogP contribution in [0.1, 0.15) is 42.1 Å². The first kappa shape index (κ1) is 28.6. The summed E-state index contributed by atoms with van der Waals surface area (Å²) >= 11 is 3.65. The molecule has 5 rings (SSSR count). The highest BCUT2D eigenvalue weighted by Gasteiger charge is 2.54. The Hall–Kier alpha value is -3.89. The van der Waals surface area contributed by atoms with Crippen molar-refractivity contribution >= 4 is 33.4 Å². The Kier molecular flexibility index (Phi) is 9.21. The van der Waals surface area contributed by atoms with Gasteiger partial charge < -0.3 is 14.6 Å². The van der Waals surface area contributed by atoms with Crippen molar-refractivity contribution in [3.63, 3.8) is 0 Å². The molecule has 0 unspecified atom stereocenters. The zero-order valence-electron chi connectivity index (χ0n) is 22.4. The summed E-state index contributed by atoms with van der Waals surface area (Å²) < 4.78 is 13.0. The Labute approximate surface area is 246 Å². The van der Waals surface area contributed by atoms with Gasteiger partial charge in [-0.05, 0) is 60.2 Å². The van der Waals surface area contributed by atoms with Crippen LogP contribution in [0.25, 0.3) is 10.4 Å². The molecule has 3 N–H and O–H groups in total. The molecule has 3 aromatic rings. The van der Waals surface area contributed by atoms with Gasteiger partial charge in [0.2, 0.25) is 5.90 Å². The van der Waals surface area contributed by atoms with E-state index in [0.29, 0.717) is 54.0 Å². The molecule has 41 heavy (non-hydrogen) atoms. The van der Waals surface area contributed by atoms with Crippen LogP contribution in [0.3, 0.4) is 0 Å². The first-order chi connectivity index (χ1) is 20.0. The number of nitrogens with one attached hydrogen (secondary N) is 2. The molecular weight excluding hydrogens is 588 g/mol. The van der Waals surface area contributed by atoms with E-state index in [-0.39, 0.29) is 18.9 Å². The number of amides is 1. The Morgan fingerprint density at radius 2 is 1.90 bits per heavy atom. The fourth-order valence-electron chi connectivity index (χ4n) is 4.75. The lowest BCUT2D eigenvalue weighted by molar-refractivity contribution is -0.130. The van der Waals surface area contributed by atoms with Gasteiger partial charge in [0.1, 0.15) is 5.75 Å². The maximum absolute atomic E-state index is 14.2. The summed E-state index contributed by atoms with van der Waals surface area (Å²) in [6.07, 6.45) is 2.14. The van der Waals surface area contributed by atoms with Crippen molar-refractivity contribution in [3.8, 4) is 5.75 Å². The highest BCUT2D eigenvalue weighted by molar-refractivity contribution is 9.10. The third-order valence-electron chi connectivity index (χ3n) is 7.11. The molecular formula is C30H31BrN6O4. The van der Waals surface area contributed by atoms with Crippen LogP contribution >= 0.6 is 15.9 Å². The maximum atomic E-state index is 14.2. The summed E-state index contributed by atoms with van der Waals surface area (Å²) in [5, 5.41) is 12.9. The lowest BCUT2D eigenvalue weighted by Gasteiger charge is -2.31. The number of nitrogens with zero attached hydrogens (tertiary/aromatic N) is 4. The van der Waals surface area contributed by atoms with Crippen LogP contribution in [-0.2, 0) is 16.0 Å². The quantitative estimate of drug-likeness (QED) is 0.0742. The Bertz CT molecular complexity index is 1460. The minimum absolute atomic E-state index is 0.0572. The number of carbonyl (C=O) groups excluding carboxylic acids is 1. The van der Waals surface area contributed by atoms with E-state index >= 15 is 0 Å². The number of ether oxygens (including phenoxy) is 2. The van der Waals surface area contributed by atoms with E-state index in [1.54, 1.807) is 24.3 Å². The Balaban J connectivity index is 1.57. The summed E-state index contributed by atoms with van der Waals surface area (Å²) in [6.45, 7) is 1.13. The molecule has 0 spiro atoms. The highest BCUT2D eigenvalue weighted by Crippen LogP contribution is 2.45. The lowest BCUT2D eigenvalue weighted by atomic mass is 9.81. The topological polar surface area (TPSA) is 141 Å². The number of rotatable bonds is 13. The molecule has 1 saturated carbocycles. The number of aliphatic hydroxyl groups excluding tert-OH is 1. The Morgan fingerprint density at radius 3 is 2.63 bits per heavy atom. The molecule has 2 atom stereocenters. The predicted octanol–water partition coefficient (Wildman–Crippen LogP) is 5.68. The molecule has 1 heterocycles. The summed E-state index contributed by atoms with van der Waals surface area (Å²) in [7, 11) is 0. The number of azide groups is 1. The van der Waals surface area contributed by atoms with Crippen molar-refractivity contribution in [1.29, 1.82) is 0 Å². The number of hydrazine groups is 1. The third-order valence-corrected chi connectivity index (χ3v) is 7.83. The van der Waals surface area contributed by atoms with Gasteiger partial charge in [0.15, 0.2) is 11.6 Å². The molecule has 0 radical (unpaired) electrons. The smallest absolute Gasteiger partial charge is 0.266 e. The van der Waals surface area contributed by atoms with Crippen molar-refractivity contribution in [3.05, 3.63) is 104 Å². The lowest BCUT2D eigenvalue weighted by Crippen LogP contribution is -2.54. The number of carbonyl (C=O) groups is 1. The van der Waals surface area contributed by atoms with Crippen LogP contribution in [0.15, 0.2) is 87.4 Å². The highest BCUT2D eigenvalue weighted by atomic mass is 79.9. The minimum Gasteiger partial charge on any atom is -0.494 e. The molecule has 212 valence electrons. The van der Waals surface area contributed by atoms with E-state index in [9.17, 15) is 10.3 Å². The standard InChI is InChI=1S/C30H31BrN6O4/c31-25-8-3-2-7-24(25)27-30(29(39)36-33-19-20-10-11-20,18-22-6-1-4-9-26(22)35-37-32)34-28(41-27)21-12-14-23(15-13-21)40-17-5-16-38/h1-4,6-9,12-15,20,27,33,38H,5,10-11,16-19H2,(H,36,39)/t27-,30-/m0/s1. The van der Waals surface area contributed by atoms with E-state index in [1.165, 1.54) is 0 Å². The van der Waals surface area contributed by atoms with Crippen LogP contribution in [0.4, 0.5) is 5.69 Å². The number of aliphatic hydroxyl groups is 1. The van der Waals surface area contributed by atoms with E-state index < -0.39 is 11.6 Å². The van der Waals surface area contributed by atoms with Crippen LogP contribution < -0.4 is 15.6 Å². The minimum atomic E-state index is -1.44. The largest absolute Gasteiger partial charge is 0.494 e. The third kappa shape index (κ3) is 6.71. The fraction of sp³-hybridized carbons (Fsp3) is 0.333. The second-order valence-corrected chi connectivity index (χ2v) is 10.9. The number of benzene rings is 3. The van der Waals surface area contributed by atoms with Gasteiger partial charge in [0.25, 0.3) is 5.91 Å². The van der Waals surface area contributed by atoms with E-state index in [0.717, 1.165) is 22.9 Å². The normalized spacial score (nSPS) is 19.6. The zero-order valence-corrected chi connectivity index (χ0v) is 24.0. The summed E-state index contributed by atoms with van der Waals surface area (Å²) in [4.78, 5) is 22.2. The summed E-state index contributed by atoms with van der Waals surface area (Å²) in [6, 6.07) is 22.0. The molecule has 1 aliphatic heterocycles. The average Bonchev–Trinajstić information content (AvgIpc) is 3.74. The molecule has 11 heteroatoms. The second kappa shape index (κ2) is 13.2. The van der Waals surface area contributed by atoms with E-state index in [2.05, 4.69) is 36.8 Å². The van der Waals surface area contributed by atoms with Crippen LogP contribution in [0, 0.1) is 5.92 Å². The molecule has 3 aromatic carbocycles. The van der Waals surface area contributed by atoms with Crippen molar-refractivity contribution in [2.24, 2.45) is 16.0 Å². The van der Waals surface area contributed by atoms with Crippen molar-refractivity contribution < 1.29 is 19.4 Å². The first-order valence-electron chi connectivity index (χ1n) is 13.6. The van der Waals surface area contributed by atoms with Gasteiger partial charge in [0, 0.05) is 52.2 Å². The first-order valence-corrected chi connectivity index (χ1v) is 14.3. The summed E-state index contributed by atoms with van der Waals surface area (Å²) in [5.41, 5.74) is 16.3.